The lowest BCUT2D eigenvalue weighted by molar-refractivity contribution is 0.141. The number of benzene rings is 1. The number of hydrogen-bond acceptors (Lipinski definition) is 4. The molecule has 0 aliphatic carbocycles. The second kappa shape index (κ2) is 10.5. The van der Waals surface area contributed by atoms with E-state index in [4.69, 9.17) is 9.47 Å². The predicted octanol–water partition coefficient (Wildman–Crippen LogP) is 4.49. The van der Waals surface area contributed by atoms with Crippen LogP contribution in [0.2, 0.25) is 0 Å². The Morgan fingerprint density at radius 2 is 1.62 bits per heavy atom. The quantitative estimate of drug-likeness (QED) is 0.548. The van der Waals surface area contributed by atoms with Gasteiger partial charge in [-0.15, -0.1) is 0 Å². The molecule has 0 fully saturated rings. The number of unbranched alkanes of at least 4 members (excludes halogenated alkanes) is 3. The van der Waals surface area contributed by atoms with E-state index in [0.29, 0.717) is 0 Å². The van der Waals surface area contributed by atoms with Gasteiger partial charge in [-0.2, -0.15) is 0 Å². The molecule has 0 N–H and O–H groups in total. The lowest BCUT2D eigenvalue weighted by Gasteiger charge is -2.01. The number of carbonyl (C=O) groups is 2. The summed E-state index contributed by atoms with van der Waals surface area (Å²) in [4.78, 5) is 22.4. The van der Waals surface area contributed by atoms with E-state index >= 15 is 0 Å². The lowest BCUT2D eigenvalue weighted by Crippen LogP contribution is -2.03. The van der Waals surface area contributed by atoms with Gasteiger partial charge in [0, 0.05) is 0 Å². The third-order valence-electron chi connectivity index (χ3n) is 2.64. The van der Waals surface area contributed by atoms with Crippen LogP contribution in [0.3, 0.4) is 0 Å². The fourth-order valence-electron chi connectivity index (χ4n) is 1.55. The molecule has 0 unspecified atom stereocenters. The molecule has 6 heteroatoms. The van der Waals surface area contributed by atoms with Gasteiger partial charge in [-0.3, -0.25) is 0 Å². The van der Waals surface area contributed by atoms with Gasteiger partial charge >= 0.3 is 12.2 Å². The van der Waals surface area contributed by atoms with Crippen LogP contribution in [0, 0.1) is 0 Å². The molecule has 0 radical (unpaired) electrons. The molecule has 0 bridgehead atoms. The zero-order chi connectivity index (χ0) is 15.3. The molecule has 0 heterocycles. The van der Waals surface area contributed by atoms with E-state index in [0.717, 1.165) is 31.2 Å². The van der Waals surface area contributed by atoms with E-state index in [-0.39, 0.29) is 13.2 Å². The molecule has 0 aliphatic heterocycles. The van der Waals surface area contributed by atoms with Gasteiger partial charge in [0.15, 0.2) is 0 Å². The first-order valence-corrected chi connectivity index (χ1v) is 7.01. The minimum absolute atomic E-state index is 0.0881. The maximum absolute atomic E-state index is 11.2. The van der Waals surface area contributed by atoms with Crippen molar-refractivity contribution in [3.8, 4) is 0 Å². The number of nitrogens with zero attached hydrogens (tertiary/aromatic N) is 2. The predicted molar refractivity (Wildman–Crippen MR) is 77.0 cm³/mol. The van der Waals surface area contributed by atoms with Crippen molar-refractivity contribution in [2.75, 3.05) is 6.61 Å². The zero-order valence-electron chi connectivity index (χ0n) is 12.2. The summed E-state index contributed by atoms with van der Waals surface area (Å²) < 4.78 is 9.62. The van der Waals surface area contributed by atoms with Gasteiger partial charge in [0.2, 0.25) is 0 Å². The summed E-state index contributed by atoms with van der Waals surface area (Å²) in [6, 6.07) is 9.16. The average Bonchev–Trinajstić information content (AvgIpc) is 2.51. The van der Waals surface area contributed by atoms with Crippen molar-refractivity contribution in [3.63, 3.8) is 0 Å². The monoisotopic (exact) mass is 292 g/mol. The first-order valence-electron chi connectivity index (χ1n) is 7.01. The first-order chi connectivity index (χ1) is 10.2. The highest BCUT2D eigenvalue weighted by Crippen LogP contribution is 2.02. The SMILES string of the molecule is CCCCCCOC(=O)/N=N/C(=O)OCc1ccccc1. The van der Waals surface area contributed by atoms with Crippen LogP contribution in [-0.2, 0) is 16.1 Å². The molecule has 2 amide bonds. The summed E-state index contributed by atoms with van der Waals surface area (Å²) in [5, 5.41) is 6.29. The lowest BCUT2D eigenvalue weighted by atomic mass is 10.2. The normalized spacial score (nSPS) is 10.5. The minimum atomic E-state index is -0.915. The third kappa shape index (κ3) is 8.52. The smallest absolute Gasteiger partial charge is 0.447 e. The Kier molecular flexibility index (Phi) is 8.44. The van der Waals surface area contributed by atoms with Crippen LogP contribution in [-0.4, -0.2) is 18.8 Å². The van der Waals surface area contributed by atoms with Gasteiger partial charge < -0.3 is 9.47 Å². The molecule has 21 heavy (non-hydrogen) atoms. The molecule has 1 aromatic carbocycles. The van der Waals surface area contributed by atoms with E-state index in [2.05, 4.69) is 17.2 Å². The first kappa shape index (κ1) is 16.8. The van der Waals surface area contributed by atoms with Crippen molar-refractivity contribution in [2.24, 2.45) is 10.2 Å². The van der Waals surface area contributed by atoms with Crippen molar-refractivity contribution >= 4 is 12.2 Å². The van der Waals surface area contributed by atoms with Crippen LogP contribution in [0.5, 0.6) is 0 Å². The largest absolute Gasteiger partial charge is 0.452 e. The number of amides is 2. The number of carbonyl (C=O) groups excluding carboxylic acids is 2. The Hall–Kier alpha value is -2.24. The Morgan fingerprint density at radius 3 is 2.29 bits per heavy atom. The minimum Gasteiger partial charge on any atom is -0.447 e. The van der Waals surface area contributed by atoms with Crippen LogP contribution in [0.1, 0.15) is 38.2 Å². The highest BCUT2D eigenvalue weighted by atomic mass is 16.6. The number of azo groups is 1. The molecule has 1 rings (SSSR count). The molecule has 1 aromatic rings. The number of hydrogen-bond donors (Lipinski definition) is 0. The van der Waals surface area contributed by atoms with Gasteiger partial charge in [0.25, 0.3) is 0 Å². The summed E-state index contributed by atoms with van der Waals surface area (Å²) >= 11 is 0. The van der Waals surface area contributed by atoms with E-state index < -0.39 is 12.2 Å². The standard InChI is InChI=1S/C15H20N2O4/c1-2-3-4-8-11-20-14(18)16-17-15(19)21-12-13-9-6-5-7-10-13/h5-7,9-10H,2-4,8,11-12H2,1H3/b17-16+. The van der Waals surface area contributed by atoms with Crippen molar-refractivity contribution < 1.29 is 19.1 Å². The number of rotatable bonds is 7. The van der Waals surface area contributed by atoms with Crippen LogP contribution < -0.4 is 0 Å². The Bertz CT molecular complexity index is 460. The van der Waals surface area contributed by atoms with Crippen molar-refractivity contribution in [1.82, 2.24) is 0 Å². The van der Waals surface area contributed by atoms with Crippen molar-refractivity contribution in [1.29, 1.82) is 0 Å². The maximum Gasteiger partial charge on any atom is 0.452 e. The van der Waals surface area contributed by atoms with E-state index in [1.54, 1.807) is 0 Å². The molecule has 0 aliphatic rings. The molecule has 6 nitrogen and oxygen atoms in total. The van der Waals surface area contributed by atoms with Gasteiger partial charge in [-0.05, 0) is 12.0 Å². The van der Waals surface area contributed by atoms with E-state index in [1.807, 2.05) is 30.3 Å². The highest BCUT2D eigenvalue weighted by molar-refractivity contribution is 5.73. The molecule has 0 spiro atoms. The molecule has 0 saturated carbocycles. The molecular weight excluding hydrogens is 272 g/mol. The van der Waals surface area contributed by atoms with Gasteiger partial charge in [0.05, 0.1) is 6.61 Å². The fraction of sp³-hybridized carbons (Fsp3) is 0.467. The molecule has 114 valence electrons. The Balaban J connectivity index is 2.16. The van der Waals surface area contributed by atoms with E-state index in [9.17, 15) is 9.59 Å². The van der Waals surface area contributed by atoms with Crippen LogP contribution in [0.25, 0.3) is 0 Å². The molecular formula is C15H20N2O4. The van der Waals surface area contributed by atoms with Gasteiger partial charge in [0.1, 0.15) is 6.61 Å². The van der Waals surface area contributed by atoms with Crippen LogP contribution >= 0.6 is 0 Å². The topological polar surface area (TPSA) is 77.3 Å². The molecule has 0 atom stereocenters. The van der Waals surface area contributed by atoms with Crippen molar-refractivity contribution in [2.45, 2.75) is 39.2 Å². The summed E-state index contributed by atoms with van der Waals surface area (Å²) in [6.45, 7) is 2.48. The van der Waals surface area contributed by atoms with Crippen LogP contribution in [0.15, 0.2) is 40.6 Å². The maximum atomic E-state index is 11.2. The number of ether oxygens (including phenoxy) is 2. The summed E-state index contributed by atoms with van der Waals surface area (Å²) in [6.07, 6.45) is 2.21. The Morgan fingerprint density at radius 1 is 0.952 bits per heavy atom. The van der Waals surface area contributed by atoms with E-state index in [1.165, 1.54) is 0 Å². The molecule has 0 saturated heterocycles. The summed E-state index contributed by atoms with van der Waals surface area (Å²) in [5.74, 6) is 0. The summed E-state index contributed by atoms with van der Waals surface area (Å²) in [7, 11) is 0. The van der Waals surface area contributed by atoms with Crippen molar-refractivity contribution in [3.05, 3.63) is 35.9 Å². The third-order valence-corrected chi connectivity index (χ3v) is 2.64. The second-order valence-electron chi connectivity index (χ2n) is 4.42. The second-order valence-corrected chi connectivity index (χ2v) is 4.42. The molecule has 0 aromatic heterocycles. The highest BCUT2D eigenvalue weighted by Gasteiger charge is 2.04. The average molecular weight is 292 g/mol. The Labute approximate surface area is 124 Å². The fourth-order valence-corrected chi connectivity index (χ4v) is 1.55. The van der Waals surface area contributed by atoms with Crippen LogP contribution in [0.4, 0.5) is 9.59 Å². The van der Waals surface area contributed by atoms with Gasteiger partial charge in [-0.1, -0.05) is 66.7 Å². The summed E-state index contributed by atoms with van der Waals surface area (Å²) in [5.41, 5.74) is 0.833. The zero-order valence-corrected chi connectivity index (χ0v) is 12.2. The van der Waals surface area contributed by atoms with Gasteiger partial charge in [-0.25, -0.2) is 9.59 Å².